The lowest BCUT2D eigenvalue weighted by atomic mass is 10.7. The molecule has 5 heteroatoms. The number of thiocarbonyl (C=S) groups is 1. The molecule has 0 atom stereocenters. The summed E-state index contributed by atoms with van der Waals surface area (Å²) in [5, 5.41) is 0.766. The average molecular weight is 153 g/mol. The molecule has 0 aliphatic carbocycles. The maximum atomic E-state index is 10.3. The summed E-state index contributed by atoms with van der Waals surface area (Å²) < 4.78 is 0. The zero-order valence-corrected chi connectivity index (χ0v) is 5.58. The molecule has 0 unspecified atom stereocenters. The van der Waals surface area contributed by atoms with Gasteiger partial charge in [-0.1, -0.05) is 12.2 Å². The zero-order valence-electron chi connectivity index (χ0n) is 4.00. The molecule has 0 spiro atoms. The quantitative estimate of drug-likeness (QED) is 0.197. The van der Waals surface area contributed by atoms with E-state index < -0.39 is 5.91 Å². The van der Waals surface area contributed by atoms with Crippen LogP contribution in [-0.4, -0.2) is 22.3 Å². The van der Waals surface area contributed by atoms with Gasteiger partial charge >= 0.3 is 0 Å². The summed E-state index contributed by atoms with van der Waals surface area (Å²) in [4.78, 5) is 10.3. The van der Waals surface area contributed by atoms with Gasteiger partial charge in [0, 0.05) is 0 Å². The Bertz CT molecular complexity index is 107. The van der Waals surface area contributed by atoms with E-state index in [0.717, 1.165) is 10.5 Å². The molecular weight excluding hydrogens is 148 g/mol. The van der Waals surface area contributed by atoms with Crippen molar-refractivity contribution in [2.24, 2.45) is 5.84 Å². The first-order chi connectivity index (χ1) is 3.72. The van der Waals surface area contributed by atoms with Crippen LogP contribution in [0.2, 0.25) is 0 Å². The Labute approximate surface area is 57.4 Å². The molecule has 0 aliphatic rings. The van der Waals surface area contributed by atoms with Crippen LogP contribution >= 0.6 is 23.8 Å². The predicted molar refractivity (Wildman–Crippen MR) is 35.4 cm³/mol. The maximum Gasteiger partial charge on any atom is 0.256 e. The van der Waals surface area contributed by atoms with Gasteiger partial charge in [0.1, 0.15) is 5.88 Å². The fourth-order valence-electron chi connectivity index (χ4n) is 0.128. The number of hydrogen-bond donors (Lipinski definition) is 1. The van der Waals surface area contributed by atoms with E-state index in [4.69, 9.17) is 17.4 Å². The van der Waals surface area contributed by atoms with E-state index in [1.54, 1.807) is 0 Å². The number of halogens is 1. The van der Waals surface area contributed by atoms with Crippen LogP contribution in [0.5, 0.6) is 0 Å². The first-order valence-electron chi connectivity index (χ1n) is 1.80. The van der Waals surface area contributed by atoms with Crippen molar-refractivity contribution in [1.29, 1.82) is 0 Å². The summed E-state index contributed by atoms with van der Waals surface area (Å²) in [7, 11) is 0. The molecule has 0 bridgehead atoms. The molecule has 0 radical (unpaired) electrons. The first kappa shape index (κ1) is 7.81. The van der Waals surface area contributed by atoms with E-state index in [-0.39, 0.29) is 5.88 Å². The summed E-state index contributed by atoms with van der Waals surface area (Å²) in [6.45, 7) is 0. The fraction of sp³-hybridized carbons (Fsp3) is 0.333. The topological polar surface area (TPSA) is 46.3 Å². The van der Waals surface area contributed by atoms with Gasteiger partial charge in [-0.15, -0.1) is 11.6 Å². The van der Waals surface area contributed by atoms with Crippen molar-refractivity contribution in [1.82, 2.24) is 5.01 Å². The fourth-order valence-corrected chi connectivity index (χ4v) is 0.383. The lowest BCUT2D eigenvalue weighted by molar-refractivity contribution is -0.124. The highest BCUT2D eigenvalue weighted by molar-refractivity contribution is 7.78. The van der Waals surface area contributed by atoms with Crippen LogP contribution in [-0.2, 0) is 4.79 Å². The molecule has 3 nitrogen and oxygen atoms in total. The molecule has 0 aliphatic heterocycles. The van der Waals surface area contributed by atoms with Crippen molar-refractivity contribution in [2.75, 3.05) is 5.88 Å². The summed E-state index contributed by atoms with van der Waals surface area (Å²) in [6, 6.07) is 0. The average Bonchev–Trinajstić information content (AvgIpc) is 1.84. The Morgan fingerprint density at radius 1 is 2.00 bits per heavy atom. The minimum absolute atomic E-state index is 0.135. The number of hydrazine groups is 1. The standard InChI is InChI=1S/C3H5ClN2OS/c4-1-3(7)6(5)2-8/h2H,1,5H2. The highest BCUT2D eigenvalue weighted by Crippen LogP contribution is 1.79. The van der Waals surface area contributed by atoms with Crippen molar-refractivity contribution < 1.29 is 4.79 Å². The Morgan fingerprint density at radius 2 is 2.50 bits per heavy atom. The second-order valence-corrected chi connectivity index (χ2v) is 1.52. The van der Waals surface area contributed by atoms with Crippen molar-refractivity contribution in [3.8, 4) is 0 Å². The summed E-state index contributed by atoms with van der Waals surface area (Å²) >= 11 is 9.40. The molecule has 0 aromatic carbocycles. The molecule has 0 saturated carbocycles. The van der Waals surface area contributed by atoms with Gasteiger partial charge in [-0.2, -0.15) is 0 Å². The highest BCUT2D eigenvalue weighted by atomic mass is 35.5. The molecule has 0 heterocycles. The SMILES string of the molecule is NN(C=S)C(=O)CCl. The third-order valence-corrected chi connectivity index (χ3v) is 0.972. The van der Waals surface area contributed by atoms with Gasteiger partial charge < -0.3 is 0 Å². The van der Waals surface area contributed by atoms with Crippen molar-refractivity contribution >= 4 is 35.2 Å². The van der Waals surface area contributed by atoms with Crippen LogP contribution in [0.15, 0.2) is 0 Å². The summed E-state index contributed by atoms with van der Waals surface area (Å²) in [5.41, 5.74) is 1.03. The molecular formula is C3H5ClN2OS. The van der Waals surface area contributed by atoms with Gasteiger partial charge in [-0.25, -0.2) is 10.9 Å². The van der Waals surface area contributed by atoms with Crippen molar-refractivity contribution in [3.05, 3.63) is 0 Å². The number of carbonyl (C=O) groups is 1. The minimum Gasteiger partial charge on any atom is -0.272 e. The van der Waals surface area contributed by atoms with Crippen LogP contribution in [0.1, 0.15) is 0 Å². The highest BCUT2D eigenvalue weighted by Gasteiger charge is 2.01. The number of carbonyl (C=O) groups excluding carboxylic acids is 1. The van der Waals surface area contributed by atoms with E-state index in [9.17, 15) is 4.79 Å². The zero-order chi connectivity index (χ0) is 6.57. The number of nitrogens with two attached hydrogens (primary N) is 1. The second kappa shape index (κ2) is 3.77. The normalized spacial score (nSPS) is 8.25. The van der Waals surface area contributed by atoms with E-state index >= 15 is 0 Å². The third kappa shape index (κ3) is 2.20. The van der Waals surface area contributed by atoms with Gasteiger partial charge in [0.05, 0.1) is 5.49 Å². The Balaban J connectivity index is 3.62. The largest absolute Gasteiger partial charge is 0.272 e. The molecule has 0 rings (SSSR count). The van der Waals surface area contributed by atoms with Crippen molar-refractivity contribution in [3.63, 3.8) is 0 Å². The molecule has 1 amide bonds. The van der Waals surface area contributed by atoms with Crippen LogP contribution in [0.3, 0.4) is 0 Å². The number of nitrogens with zero attached hydrogens (tertiary/aromatic N) is 1. The van der Waals surface area contributed by atoms with Crippen LogP contribution < -0.4 is 5.84 Å². The van der Waals surface area contributed by atoms with Gasteiger partial charge in [0.15, 0.2) is 0 Å². The summed E-state index contributed by atoms with van der Waals surface area (Å²) in [5.74, 6) is 4.43. The predicted octanol–water partition coefficient (Wildman–Crippen LogP) is -0.115. The Hall–Kier alpha value is -0.190. The van der Waals surface area contributed by atoms with Crippen molar-refractivity contribution in [2.45, 2.75) is 0 Å². The van der Waals surface area contributed by atoms with E-state index in [1.807, 2.05) is 0 Å². The second-order valence-electron chi connectivity index (χ2n) is 1.04. The molecule has 8 heavy (non-hydrogen) atoms. The molecule has 0 aromatic rings. The number of rotatable bonds is 2. The van der Waals surface area contributed by atoms with Gasteiger partial charge in [-0.3, -0.25) is 4.79 Å². The molecule has 2 N–H and O–H groups in total. The lowest BCUT2D eigenvalue weighted by Gasteiger charge is -2.04. The van der Waals surface area contributed by atoms with E-state index in [1.165, 1.54) is 0 Å². The molecule has 0 fully saturated rings. The number of alkyl halides is 1. The summed E-state index contributed by atoms with van der Waals surface area (Å²) in [6.07, 6.45) is 0. The van der Waals surface area contributed by atoms with E-state index in [0.29, 0.717) is 0 Å². The molecule has 0 aromatic heterocycles. The minimum atomic E-state index is -0.401. The lowest BCUT2D eigenvalue weighted by Crippen LogP contribution is -2.36. The van der Waals surface area contributed by atoms with E-state index in [2.05, 4.69) is 12.2 Å². The first-order valence-corrected chi connectivity index (χ1v) is 2.81. The Morgan fingerprint density at radius 3 is 2.62 bits per heavy atom. The van der Waals surface area contributed by atoms with Gasteiger partial charge in [0.25, 0.3) is 5.91 Å². The smallest absolute Gasteiger partial charge is 0.256 e. The van der Waals surface area contributed by atoms with Crippen LogP contribution in [0, 0.1) is 0 Å². The number of amides is 1. The van der Waals surface area contributed by atoms with Gasteiger partial charge in [0.2, 0.25) is 0 Å². The Kier molecular flexibility index (Phi) is 3.68. The number of hydrogen-bond acceptors (Lipinski definition) is 3. The van der Waals surface area contributed by atoms with Crippen LogP contribution in [0.25, 0.3) is 0 Å². The van der Waals surface area contributed by atoms with Gasteiger partial charge in [-0.05, 0) is 0 Å². The molecule has 46 valence electrons. The monoisotopic (exact) mass is 152 g/mol. The van der Waals surface area contributed by atoms with Crippen LogP contribution in [0.4, 0.5) is 0 Å². The molecule has 0 saturated heterocycles. The third-order valence-electron chi connectivity index (χ3n) is 0.516. The maximum absolute atomic E-state index is 10.3.